The van der Waals surface area contributed by atoms with Gasteiger partial charge in [-0.2, -0.15) is 0 Å². The van der Waals surface area contributed by atoms with Gasteiger partial charge in [0.05, 0.1) is 11.0 Å². The molecule has 0 fully saturated rings. The Morgan fingerprint density at radius 2 is 1.79 bits per heavy atom. The van der Waals surface area contributed by atoms with E-state index < -0.39 is 0 Å². The monoisotopic (exact) mass is 386 g/mol. The molecule has 1 heterocycles. The summed E-state index contributed by atoms with van der Waals surface area (Å²) in [5, 5.41) is 3.03. The van der Waals surface area contributed by atoms with E-state index in [1.54, 1.807) is 0 Å². The molecule has 2 aromatic rings. The number of nitrogens with zero attached hydrogens (tertiary/aromatic N) is 3. The van der Waals surface area contributed by atoms with Crippen molar-refractivity contribution >= 4 is 22.8 Å². The van der Waals surface area contributed by atoms with Crippen molar-refractivity contribution in [3.05, 3.63) is 30.1 Å². The Hall–Kier alpha value is -2.37. The minimum absolute atomic E-state index is 0.0938. The van der Waals surface area contributed by atoms with Gasteiger partial charge in [0.2, 0.25) is 11.8 Å². The number of para-hydroxylation sites is 2. The average molecular weight is 387 g/mol. The van der Waals surface area contributed by atoms with Gasteiger partial charge in [0, 0.05) is 32.0 Å². The van der Waals surface area contributed by atoms with Gasteiger partial charge in [0.25, 0.3) is 0 Å². The molecular formula is C22H34N4O2. The summed E-state index contributed by atoms with van der Waals surface area (Å²) in [6, 6.07) is 7.93. The Morgan fingerprint density at radius 3 is 2.43 bits per heavy atom. The van der Waals surface area contributed by atoms with Crippen LogP contribution in [0, 0.1) is 5.92 Å². The Labute approximate surface area is 168 Å². The smallest absolute Gasteiger partial charge is 0.242 e. The molecule has 6 heteroatoms. The number of carbonyl (C=O) groups is 2. The first-order chi connectivity index (χ1) is 13.5. The minimum Gasteiger partial charge on any atom is -0.356 e. The summed E-state index contributed by atoms with van der Waals surface area (Å²) in [5.41, 5.74) is 1.89. The molecule has 28 heavy (non-hydrogen) atoms. The summed E-state index contributed by atoms with van der Waals surface area (Å²) < 4.78 is 2.03. The minimum atomic E-state index is 0.0938. The third-order valence-electron chi connectivity index (χ3n) is 5.38. The van der Waals surface area contributed by atoms with Crippen molar-refractivity contribution in [1.82, 2.24) is 19.8 Å². The molecule has 1 aromatic carbocycles. The van der Waals surface area contributed by atoms with Crippen molar-refractivity contribution in [2.75, 3.05) is 19.6 Å². The number of hydrogen-bond donors (Lipinski definition) is 1. The number of nitrogens with one attached hydrogen (secondary N) is 1. The Kier molecular flexibility index (Phi) is 8.48. The van der Waals surface area contributed by atoms with E-state index in [1.807, 2.05) is 61.4 Å². The van der Waals surface area contributed by atoms with Crippen LogP contribution in [0.25, 0.3) is 11.0 Å². The maximum atomic E-state index is 12.6. The van der Waals surface area contributed by atoms with Gasteiger partial charge >= 0.3 is 0 Å². The van der Waals surface area contributed by atoms with Crippen LogP contribution in [0.15, 0.2) is 24.3 Å². The van der Waals surface area contributed by atoms with Crippen molar-refractivity contribution in [3.63, 3.8) is 0 Å². The summed E-state index contributed by atoms with van der Waals surface area (Å²) in [5.74, 6) is 1.24. The molecule has 154 valence electrons. The molecule has 0 saturated carbocycles. The van der Waals surface area contributed by atoms with E-state index in [0.717, 1.165) is 42.5 Å². The molecule has 0 atom stereocenters. The quantitative estimate of drug-likeness (QED) is 0.602. The second kappa shape index (κ2) is 10.8. The summed E-state index contributed by atoms with van der Waals surface area (Å²) in [4.78, 5) is 31.4. The van der Waals surface area contributed by atoms with Gasteiger partial charge in [-0.15, -0.1) is 0 Å². The number of rotatable bonds is 11. The van der Waals surface area contributed by atoms with Crippen molar-refractivity contribution < 1.29 is 9.59 Å². The highest BCUT2D eigenvalue weighted by atomic mass is 16.2. The van der Waals surface area contributed by atoms with Gasteiger partial charge in [0.1, 0.15) is 12.4 Å². The van der Waals surface area contributed by atoms with Crippen LogP contribution in [0.3, 0.4) is 0 Å². The zero-order chi connectivity index (χ0) is 20.5. The van der Waals surface area contributed by atoms with Crippen LogP contribution in [0.5, 0.6) is 0 Å². The van der Waals surface area contributed by atoms with Crippen molar-refractivity contribution in [2.45, 2.75) is 59.9 Å². The first-order valence-electron chi connectivity index (χ1n) is 10.5. The lowest BCUT2D eigenvalue weighted by Crippen LogP contribution is -2.34. The molecule has 1 N–H and O–H groups in total. The highest BCUT2D eigenvalue weighted by Gasteiger charge is 2.17. The van der Waals surface area contributed by atoms with Gasteiger partial charge in [-0.05, 0) is 45.2 Å². The van der Waals surface area contributed by atoms with E-state index in [-0.39, 0.29) is 17.7 Å². The number of aryl methyl sites for hydroxylation is 1. The van der Waals surface area contributed by atoms with E-state index in [4.69, 9.17) is 4.98 Å². The second-order valence-electron chi connectivity index (χ2n) is 7.08. The van der Waals surface area contributed by atoms with E-state index >= 15 is 0 Å². The molecule has 0 unspecified atom stereocenters. The molecule has 2 amide bonds. The lowest BCUT2D eigenvalue weighted by atomic mass is 10.0. The molecule has 2 rings (SSSR count). The van der Waals surface area contributed by atoms with E-state index in [2.05, 4.69) is 5.32 Å². The molecule has 0 aliphatic heterocycles. The van der Waals surface area contributed by atoms with Crippen LogP contribution >= 0.6 is 0 Å². The molecule has 0 spiro atoms. The SMILES string of the molecule is CCC(CC)C(=O)NCCCc1nc2ccccc2n1CC(=O)N(CC)CC. The first-order valence-corrected chi connectivity index (χ1v) is 10.5. The lowest BCUT2D eigenvalue weighted by Gasteiger charge is -2.20. The lowest BCUT2D eigenvalue weighted by molar-refractivity contribution is -0.131. The summed E-state index contributed by atoms with van der Waals surface area (Å²) >= 11 is 0. The van der Waals surface area contributed by atoms with Crippen LogP contribution in [-0.2, 0) is 22.6 Å². The maximum Gasteiger partial charge on any atom is 0.242 e. The predicted molar refractivity (Wildman–Crippen MR) is 113 cm³/mol. The number of amides is 2. The summed E-state index contributed by atoms with van der Waals surface area (Å²) in [6.45, 7) is 10.4. The number of imidazole rings is 1. The van der Waals surface area contributed by atoms with Gasteiger partial charge < -0.3 is 14.8 Å². The maximum absolute atomic E-state index is 12.6. The second-order valence-corrected chi connectivity index (χ2v) is 7.08. The van der Waals surface area contributed by atoms with Gasteiger partial charge in [-0.25, -0.2) is 4.98 Å². The summed E-state index contributed by atoms with van der Waals surface area (Å²) in [6.07, 6.45) is 3.26. The molecule has 0 bridgehead atoms. The van der Waals surface area contributed by atoms with Crippen LogP contribution in [-0.4, -0.2) is 45.9 Å². The molecule has 0 saturated heterocycles. The van der Waals surface area contributed by atoms with Crippen LogP contribution in [0.4, 0.5) is 0 Å². The van der Waals surface area contributed by atoms with Gasteiger partial charge in [-0.3, -0.25) is 9.59 Å². The van der Waals surface area contributed by atoms with Crippen LogP contribution in [0.1, 0.15) is 52.8 Å². The average Bonchev–Trinajstić information content (AvgIpc) is 3.04. The van der Waals surface area contributed by atoms with Gasteiger partial charge in [0.15, 0.2) is 0 Å². The standard InChI is InChI=1S/C22H34N4O2/c1-5-17(6-2)22(28)23-15-11-14-20-24-18-12-9-10-13-19(18)26(20)16-21(27)25(7-3)8-4/h9-10,12-13,17H,5-8,11,14-16H2,1-4H3,(H,23,28). The normalized spacial score (nSPS) is 11.2. The van der Waals surface area contributed by atoms with E-state index in [1.165, 1.54) is 0 Å². The number of fused-ring (bicyclic) bond motifs is 1. The third kappa shape index (κ3) is 5.33. The number of aromatic nitrogens is 2. The molecule has 6 nitrogen and oxygen atoms in total. The Balaban J connectivity index is 2.07. The molecule has 0 aliphatic rings. The van der Waals surface area contributed by atoms with Crippen LogP contribution in [0.2, 0.25) is 0 Å². The Bertz CT molecular complexity index is 776. The highest BCUT2D eigenvalue weighted by molar-refractivity contribution is 5.81. The van der Waals surface area contributed by atoms with Crippen molar-refractivity contribution in [1.29, 1.82) is 0 Å². The topological polar surface area (TPSA) is 67.2 Å². The predicted octanol–water partition coefficient (Wildman–Crippen LogP) is 3.39. The molecule has 1 aromatic heterocycles. The van der Waals surface area contributed by atoms with Crippen LogP contribution < -0.4 is 5.32 Å². The fourth-order valence-electron chi connectivity index (χ4n) is 3.57. The first kappa shape index (κ1) is 21.9. The Morgan fingerprint density at radius 1 is 1.11 bits per heavy atom. The number of hydrogen-bond acceptors (Lipinski definition) is 3. The van der Waals surface area contributed by atoms with Crippen molar-refractivity contribution in [3.8, 4) is 0 Å². The van der Waals surface area contributed by atoms with E-state index in [9.17, 15) is 9.59 Å². The molecule has 0 radical (unpaired) electrons. The number of carbonyl (C=O) groups excluding carboxylic acids is 2. The highest BCUT2D eigenvalue weighted by Crippen LogP contribution is 2.17. The van der Waals surface area contributed by atoms with E-state index in [0.29, 0.717) is 26.2 Å². The van der Waals surface area contributed by atoms with Gasteiger partial charge in [-0.1, -0.05) is 26.0 Å². The number of likely N-dealkylation sites (N-methyl/N-ethyl adjacent to an activating group) is 1. The zero-order valence-electron chi connectivity index (χ0n) is 17.7. The largest absolute Gasteiger partial charge is 0.356 e. The fourth-order valence-corrected chi connectivity index (χ4v) is 3.57. The third-order valence-corrected chi connectivity index (χ3v) is 5.38. The number of benzene rings is 1. The molecule has 0 aliphatic carbocycles. The zero-order valence-corrected chi connectivity index (χ0v) is 17.7. The molecular weight excluding hydrogens is 352 g/mol. The fraction of sp³-hybridized carbons (Fsp3) is 0.591. The summed E-state index contributed by atoms with van der Waals surface area (Å²) in [7, 11) is 0. The van der Waals surface area contributed by atoms with Crippen molar-refractivity contribution in [2.24, 2.45) is 5.92 Å².